The molecular formula is C20H21F2NO4. The first-order chi connectivity index (χ1) is 13.0. The Morgan fingerprint density at radius 1 is 1.15 bits per heavy atom. The van der Waals surface area contributed by atoms with E-state index >= 15 is 0 Å². The number of carbonyl (C=O) groups excluding carboxylic acids is 1. The summed E-state index contributed by atoms with van der Waals surface area (Å²) in [5, 5.41) is 2.78. The van der Waals surface area contributed by atoms with Crippen LogP contribution in [0.25, 0.3) is 0 Å². The van der Waals surface area contributed by atoms with Gasteiger partial charge in [0.1, 0.15) is 5.75 Å². The summed E-state index contributed by atoms with van der Waals surface area (Å²) in [6.07, 6.45) is 2.45. The zero-order valence-electron chi connectivity index (χ0n) is 14.9. The molecule has 0 saturated heterocycles. The van der Waals surface area contributed by atoms with Crippen molar-refractivity contribution in [3.63, 3.8) is 0 Å². The van der Waals surface area contributed by atoms with Crippen LogP contribution in [0.5, 0.6) is 17.2 Å². The van der Waals surface area contributed by atoms with Gasteiger partial charge in [-0.1, -0.05) is 6.07 Å². The number of amides is 1. The molecule has 0 aliphatic heterocycles. The third kappa shape index (κ3) is 5.57. The molecule has 2 aromatic rings. The molecule has 27 heavy (non-hydrogen) atoms. The molecule has 0 heterocycles. The molecule has 7 heteroatoms. The molecule has 1 aliphatic rings. The Hall–Kier alpha value is -2.83. The van der Waals surface area contributed by atoms with Crippen LogP contribution >= 0.6 is 0 Å². The van der Waals surface area contributed by atoms with Crippen LogP contribution in [0.1, 0.15) is 28.8 Å². The number of benzene rings is 2. The van der Waals surface area contributed by atoms with E-state index in [9.17, 15) is 13.6 Å². The Kier molecular flexibility index (Phi) is 6.11. The molecule has 1 aliphatic carbocycles. The van der Waals surface area contributed by atoms with Crippen LogP contribution in [-0.4, -0.2) is 26.2 Å². The second kappa shape index (κ2) is 8.70. The van der Waals surface area contributed by atoms with E-state index in [0.717, 1.165) is 12.4 Å². The number of alkyl halides is 2. The molecule has 0 aromatic heterocycles. The number of carbonyl (C=O) groups is 1. The average molecular weight is 377 g/mol. The molecule has 1 fully saturated rings. The van der Waals surface area contributed by atoms with Crippen LogP contribution in [0, 0.1) is 5.92 Å². The second-order valence-corrected chi connectivity index (χ2v) is 6.33. The van der Waals surface area contributed by atoms with Crippen molar-refractivity contribution >= 4 is 5.91 Å². The van der Waals surface area contributed by atoms with Gasteiger partial charge in [0.25, 0.3) is 5.91 Å². The van der Waals surface area contributed by atoms with Gasteiger partial charge in [0.15, 0.2) is 11.5 Å². The van der Waals surface area contributed by atoms with Crippen molar-refractivity contribution in [3.8, 4) is 17.2 Å². The van der Waals surface area contributed by atoms with E-state index in [0.29, 0.717) is 17.0 Å². The van der Waals surface area contributed by atoms with Gasteiger partial charge >= 0.3 is 6.61 Å². The fourth-order valence-corrected chi connectivity index (χ4v) is 2.50. The zero-order valence-corrected chi connectivity index (χ0v) is 14.9. The molecular weight excluding hydrogens is 356 g/mol. The standard InChI is InChI=1S/C20H21F2NO4/c1-25-18-10-14(4-9-17(18)27-20(21)22)11-23-19(24)15-5-7-16(8-6-15)26-12-13-2-3-13/h4-10,13,20H,2-3,11-12H2,1H3,(H,23,24). The first kappa shape index (κ1) is 18.9. The Morgan fingerprint density at radius 2 is 1.89 bits per heavy atom. The topological polar surface area (TPSA) is 56.8 Å². The maximum atomic E-state index is 12.4. The van der Waals surface area contributed by atoms with Crippen molar-refractivity contribution in [1.82, 2.24) is 5.32 Å². The largest absolute Gasteiger partial charge is 0.493 e. The number of nitrogens with one attached hydrogen (secondary N) is 1. The van der Waals surface area contributed by atoms with Crippen molar-refractivity contribution in [2.24, 2.45) is 5.92 Å². The summed E-state index contributed by atoms with van der Waals surface area (Å²) < 4.78 is 39.8. The Morgan fingerprint density at radius 3 is 2.52 bits per heavy atom. The van der Waals surface area contributed by atoms with Gasteiger partial charge in [-0.3, -0.25) is 4.79 Å². The minimum absolute atomic E-state index is 0.0515. The predicted molar refractivity (Wildman–Crippen MR) is 95.5 cm³/mol. The van der Waals surface area contributed by atoms with Crippen LogP contribution in [0.2, 0.25) is 0 Å². The van der Waals surface area contributed by atoms with Crippen molar-refractivity contribution < 1.29 is 27.8 Å². The van der Waals surface area contributed by atoms with Crippen LogP contribution in [0.4, 0.5) is 8.78 Å². The van der Waals surface area contributed by atoms with Crippen molar-refractivity contribution in [2.45, 2.75) is 26.0 Å². The summed E-state index contributed by atoms with van der Waals surface area (Å²) in [7, 11) is 1.36. The monoisotopic (exact) mass is 377 g/mol. The molecule has 0 radical (unpaired) electrons. The van der Waals surface area contributed by atoms with Crippen LogP contribution in [-0.2, 0) is 6.54 Å². The van der Waals surface area contributed by atoms with Crippen LogP contribution in [0.3, 0.4) is 0 Å². The molecule has 0 spiro atoms. The van der Waals surface area contributed by atoms with Gasteiger partial charge in [-0.2, -0.15) is 8.78 Å². The quantitative estimate of drug-likeness (QED) is 0.717. The van der Waals surface area contributed by atoms with E-state index < -0.39 is 6.61 Å². The minimum Gasteiger partial charge on any atom is -0.493 e. The summed E-state index contributed by atoms with van der Waals surface area (Å²) in [5.41, 5.74) is 1.21. The van der Waals surface area contributed by atoms with Crippen LogP contribution in [0.15, 0.2) is 42.5 Å². The fourth-order valence-electron chi connectivity index (χ4n) is 2.50. The molecule has 1 N–H and O–H groups in total. The minimum atomic E-state index is -2.93. The van der Waals surface area contributed by atoms with Gasteiger partial charge in [-0.15, -0.1) is 0 Å². The maximum absolute atomic E-state index is 12.4. The van der Waals surface area contributed by atoms with Crippen molar-refractivity contribution in [2.75, 3.05) is 13.7 Å². The summed E-state index contributed by atoms with van der Waals surface area (Å²) >= 11 is 0. The molecule has 1 saturated carbocycles. The summed E-state index contributed by atoms with van der Waals surface area (Å²) in [5.74, 6) is 1.31. The smallest absolute Gasteiger partial charge is 0.387 e. The third-order valence-corrected chi connectivity index (χ3v) is 4.20. The molecule has 0 bridgehead atoms. The first-order valence-corrected chi connectivity index (χ1v) is 8.68. The molecule has 0 unspecified atom stereocenters. The van der Waals surface area contributed by atoms with Crippen molar-refractivity contribution in [3.05, 3.63) is 53.6 Å². The van der Waals surface area contributed by atoms with Crippen LogP contribution < -0.4 is 19.5 Å². The molecule has 2 aromatic carbocycles. The lowest BCUT2D eigenvalue weighted by Crippen LogP contribution is -2.22. The van der Waals surface area contributed by atoms with Gasteiger partial charge in [0.2, 0.25) is 0 Å². The number of methoxy groups -OCH3 is 1. The Balaban J connectivity index is 1.54. The fraction of sp³-hybridized carbons (Fsp3) is 0.350. The van der Waals surface area contributed by atoms with E-state index in [4.69, 9.17) is 9.47 Å². The van der Waals surface area contributed by atoms with E-state index in [1.807, 2.05) is 0 Å². The summed E-state index contributed by atoms with van der Waals surface area (Å²) in [6, 6.07) is 11.5. The maximum Gasteiger partial charge on any atom is 0.387 e. The lowest BCUT2D eigenvalue weighted by molar-refractivity contribution is -0.0512. The van der Waals surface area contributed by atoms with Gasteiger partial charge in [0.05, 0.1) is 13.7 Å². The normalized spacial score (nSPS) is 13.3. The molecule has 0 atom stereocenters. The summed E-state index contributed by atoms with van der Waals surface area (Å²) in [6.45, 7) is -1.98. The first-order valence-electron chi connectivity index (χ1n) is 8.68. The van der Waals surface area contributed by atoms with Gasteiger partial charge < -0.3 is 19.5 Å². The lowest BCUT2D eigenvalue weighted by Gasteiger charge is -2.12. The molecule has 1 amide bonds. The molecule has 144 valence electrons. The second-order valence-electron chi connectivity index (χ2n) is 6.33. The van der Waals surface area contributed by atoms with E-state index in [1.165, 1.54) is 26.0 Å². The van der Waals surface area contributed by atoms with E-state index in [1.54, 1.807) is 36.4 Å². The highest BCUT2D eigenvalue weighted by atomic mass is 19.3. The number of hydrogen-bond donors (Lipinski definition) is 1. The highest BCUT2D eigenvalue weighted by Gasteiger charge is 2.21. The Bertz CT molecular complexity index is 776. The average Bonchev–Trinajstić information content (AvgIpc) is 3.49. The highest BCUT2D eigenvalue weighted by Crippen LogP contribution is 2.30. The SMILES string of the molecule is COc1cc(CNC(=O)c2ccc(OCC3CC3)cc2)ccc1OC(F)F. The van der Waals surface area contributed by atoms with Gasteiger partial charge in [-0.25, -0.2) is 0 Å². The number of halogens is 2. The number of rotatable bonds is 9. The number of ether oxygens (including phenoxy) is 3. The highest BCUT2D eigenvalue weighted by molar-refractivity contribution is 5.94. The molecule has 3 rings (SSSR count). The Labute approximate surface area is 156 Å². The van der Waals surface area contributed by atoms with Gasteiger partial charge in [-0.05, 0) is 60.7 Å². The number of hydrogen-bond acceptors (Lipinski definition) is 4. The zero-order chi connectivity index (χ0) is 19.2. The summed E-state index contributed by atoms with van der Waals surface area (Å²) in [4.78, 5) is 12.3. The third-order valence-electron chi connectivity index (χ3n) is 4.20. The predicted octanol–water partition coefficient (Wildman–Crippen LogP) is 4.02. The lowest BCUT2D eigenvalue weighted by atomic mass is 10.1. The molecule has 5 nitrogen and oxygen atoms in total. The van der Waals surface area contributed by atoms with Gasteiger partial charge in [0, 0.05) is 12.1 Å². The van der Waals surface area contributed by atoms with E-state index in [-0.39, 0.29) is 24.0 Å². The van der Waals surface area contributed by atoms with Crippen molar-refractivity contribution in [1.29, 1.82) is 0 Å². The van der Waals surface area contributed by atoms with E-state index in [2.05, 4.69) is 10.1 Å².